The van der Waals surface area contributed by atoms with E-state index < -0.39 is 0 Å². The summed E-state index contributed by atoms with van der Waals surface area (Å²) < 4.78 is 0. The Morgan fingerprint density at radius 1 is 1.33 bits per heavy atom. The first-order valence-corrected chi connectivity index (χ1v) is 8.84. The van der Waals surface area contributed by atoms with E-state index in [0.29, 0.717) is 12.5 Å². The fourth-order valence-corrected chi connectivity index (χ4v) is 3.64. The smallest absolute Gasteiger partial charge is 0.224 e. The van der Waals surface area contributed by atoms with E-state index in [9.17, 15) is 4.79 Å². The molecule has 0 spiro atoms. The van der Waals surface area contributed by atoms with Crippen LogP contribution in [0.2, 0.25) is 0 Å². The van der Waals surface area contributed by atoms with Gasteiger partial charge in [-0.1, -0.05) is 18.2 Å². The Morgan fingerprint density at radius 2 is 2.08 bits per heavy atom. The first-order valence-electron chi connectivity index (χ1n) is 8.84. The Balaban J connectivity index is 1.72. The number of fused-ring (bicyclic) bond motifs is 1. The van der Waals surface area contributed by atoms with Gasteiger partial charge in [-0.15, -0.1) is 0 Å². The van der Waals surface area contributed by atoms with Crippen molar-refractivity contribution < 1.29 is 4.79 Å². The van der Waals surface area contributed by atoms with E-state index in [1.54, 1.807) is 0 Å². The molecule has 1 N–H and O–H groups in total. The first kappa shape index (κ1) is 16.9. The molecular weight excluding hydrogens is 298 g/mol. The predicted molar refractivity (Wildman–Crippen MR) is 98.2 cm³/mol. The fraction of sp³-hybridized carbons (Fsp3) is 0.500. The van der Waals surface area contributed by atoms with Crippen molar-refractivity contribution in [3.05, 3.63) is 41.1 Å². The molecule has 0 saturated carbocycles. The van der Waals surface area contributed by atoms with E-state index in [-0.39, 0.29) is 11.9 Å². The molecular formula is C20H27N3O. The van der Waals surface area contributed by atoms with Crippen LogP contribution >= 0.6 is 0 Å². The Kier molecular flexibility index (Phi) is 4.86. The third kappa shape index (κ3) is 3.44. The molecule has 1 aromatic heterocycles. The third-order valence-electron chi connectivity index (χ3n) is 5.14. The minimum absolute atomic E-state index is 0.105. The minimum Gasteiger partial charge on any atom is -0.352 e. The average Bonchev–Trinajstić information content (AvgIpc) is 3.00. The number of benzene rings is 1. The molecule has 0 aliphatic carbocycles. The maximum atomic E-state index is 12.5. The summed E-state index contributed by atoms with van der Waals surface area (Å²) in [6.07, 6.45) is 1.45. The largest absolute Gasteiger partial charge is 0.352 e. The maximum Gasteiger partial charge on any atom is 0.224 e. The lowest BCUT2D eigenvalue weighted by atomic mass is 9.99. The summed E-state index contributed by atoms with van der Waals surface area (Å²) in [6.45, 7) is 10.5. The number of nitrogens with zero attached hydrogens (tertiary/aromatic N) is 2. The van der Waals surface area contributed by atoms with Crippen molar-refractivity contribution >= 4 is 16.8 Å². The van der Waals surface area contributed by atoms with Crippen molar-refractivity contribution in [2.45, 2.75) is 52.6 Å². The standard InChI is InChI=1S/C20H27N3O/c1-13(2)23-10-9-16(12-23)22-20(24)11-18-14(3)17-7-5-6-8-19(17)21-15(18)4/h5-8,13,16H,9-12H2,1-4H3,(H,22,24). The van der Waals surface area contributed by atoms with Gasteiger partial charge in [-0.2, -0.15) is 0 Å². The van der Waals surface area contributed by atoms with E-state index in [1.165, 1.54) is 5.56 Å². The maximum absolute atomic E-state index is 12.5. The molecule has 1 aliphatic rings. The molecule has 1 atom stereocenters. The van der Waals surface area contributed by atoms with Crippen LogP contribution in [0.3, 0.4) is 0 Å². The van der Waals surface area contributed by atoms with E-state index in [1.807, 2.05) is 25.1 Å². The summed E-state index contributed by atoms with van der Waals surface area (Å²) in [5, 5.41) is 4.34. The number of rotatable bonds is 4. The summed E-state index contributed by atoms with van der Waals surface area (Å²) in [6, 6.07) is 8.94. The number of carbonyl (C=O) groups is 1. The molecule has 0 bridgehead atoms. The van der Waals surface area contributed by atoms with Crippen LogP contribution in [-0.2, 0) is 11.2 Å². The second-order valence-electron chi connectivity index (χ2n) is 7.14. The quantitative estimate of drug-likeness (QED) is 0.940. The van der Waals surface area contributed by atoms with Crippen molar-refractivity contribution in [1.29, 1.82) is 0 Å². The summed E-state index contributed by atoms with van der Waals surface area (Å²) in [7, 11) is 0. The highest BCUT2D eigenvalue weighted by Gasteiger charge is 2.25. The van der Waals surface area contributed by atoms with Gasteiger partial charge >= 0.3 is 0 Å². The topological polar surface area (TPSA) is 45.2 Å². The lowest BCUT2D eigenvalue weighted by Crippen LogP contribution is -2.39. The number of aryl methyl sites for hydroxylation is 2. The Hall–Kier alpha value is -1.94. The molecule has 2 heterocycles. The molecule has 1 aliphatic heterocycles. The van der Waals surface area contributed by atoms with E-state index >= 15 is 0 Å². The van der Waals surface area contributed by atoms with Crippen molar-refractivity contribution in [2.75, 3.05) is 13.1 Å². The molecule has 1 unspecified atom stereocenters. The SMILES string of the molecule is Cc1nc2ccccc2c(C)c1CC(=O)NC1CCN(C(C)C)C1. The zero-order chi connectivity index (χ0) is 17.3. The van der Waals surface area contributed by atoms with Crippen LogP contribution in [0.25, 0.3) is 10.9 Å². The van der Waals surface area contributed by atoms with Crippen molar-refractivity contribution in [3.63, 3.8) is 0 Å². The molecule has 128 valence electrons. The van der Waals surface area contributed by atoms with Crippen LogP contribution in [0.1, 0.15) is 37.1 Å². The van der Waals surface area contributed by atoms with Gasteiger partial charge in [0.1, 0.15) is 0 Å². The average molecular weight is 325 g/mol. The summed E-state index contributed by atoms with van der Waals surface area (Å²) in [4.78, 5) is 19.6. The number of para-hydroxylation sites is 1. The summed E-state index contributed by atoms with van der Waals surface area (Å²) in [5.41, 5.74) is 4.19. The Bertz CT molecular complexity index is 754. The predicted octanol–water partition coefficient (Wildman–Crippen LogP) is 2.99. The second-order valence-corrected chi connectivity index (χ2v) is 7.14. The van der Waals surface area contributed by atoms with Gasteiger partial charge in [0.15, 0.2) is 0 Å². The van der Waals surface area contributed by atoms with Gasteiger partial charge in [0, 0.05) is 36.3 Å². The summed E-state index contributed by atoms with van der Waals surface area (Å²) in [5.74, 6) is 0.105. The zero-order valence-electron chi connectivity index (χ0n) is 15.1. The highest BCUT2D eigenvalue weighted by molar-refractivity contribution is 5.86. The van der Waals surface area contributed by atoms with Crippen LogP contribution in [-0.4, -0.2) is 41.0 Å². The van der Waals surface area contributed by atoms with Crippen molar-refractivity contribution in [2.24, 2.45) is 0 Å². The van der Waals surface area contributed by atoms with E-state index in [2.05, 4.69) is 42.0 Å². The molecule has 24 heavy (non-hydrogen) atoms. The number of hydrogen-bond acceptors (Lipinski definition) is 3. The monoisotopic (exact) mass is 325 g/mol. The van der Waals surface area contributed by atoms with E-state index in [4.69, 9.17) is 0 Å². The van der Waals surface area contributed by atoms with Crippen LogP contribution < -0.4 is 5.32 Å². The number of hydrogen-bond donors (Lipinski definition) is 1. The lowest BCUT2D eigenvalue weighted by Gasteiger charge is -2.20. The summed E-state index contributed by atoms with van der Waals surface area (Å²) >= 11 is 0. The lowest BCUT2D eigenvalue weighted by molar-refractivity contribution is -0.121. The van der Waals surface area contributed by atoms with Crippen LogP contribution in [0.5, 0.6) is 0 Å². The molecule has 1 fully saturated rings. The van der Waals surface area contributed by atoms with Gasteiger partial charge in [0.25, 0.3) is 0 Å². The number of amides is 1. The molecule has 1 aromatic carbocycles. The molecule has 4 nitrogen and oxygen atoms in total. The van der Waals surface area contributed by atoms with Crippen molar-refractivity contribution in [1.82, 2.24) is 15.2 Å². The van der Waals surface area contributed by atoms with Crippen LogP contribution in [0.4, 0.5) is 0 Å². The number of carbonyl (C=O) groups excluding carboxylic acids is 1. The number of nitrogens with one attached hydrogen (secondary N) is 1. The van der Waals surface area contributed by atoms with Gasteiger partial charge in [0.05, 0.1) is 11.9 Å². The van der Waals surface area contributed by atoms with Crippen molar-refractivity contribution in [3.8, 4) is 0 Å². The highest BCUT2D eigenvalue weighted by Crippen LogP contribution is 2.23. The molecule has 1 saturated heterocycles. The normalized spacial score (nSPS) is 18.5. The highest BCUT2D eigenvalue weighted by atomic mass is 16.1. The Morgan fingerprint density at radius 3 is 2.79 bits per heavy atom. The number of likely N-dealkylation sites (tertiary alicyclic amines) is 1. The van der Waals surface area contributed by atoms with Gasteiger partial charge in [0.2, 0.25) is 5.91 Å². The Labute approximate surface area is 144 Å². The van der Waals surface area contributed by atoms with Crippen LogP contribution in [0.15, 0.2) is 24.3 Å². The minimum atomic E-state index is 0.105. The fourth-order valence-electron chi connectivity index (χ4n) is 3.64. The van der Waals surface area contributed by atoms with E-state index in [0.717, 1.165) is 41.7 Å². The van der Waals surface area contributed by atoms with Crippen LogP contribution in [0, 0.1) is 13.8 Å². The third-order valence-corrected chi connectivity index (χ3v) is 5.14. The first-order chi connectivity index (χ1) is 11.5. The van der Waals surface area contributed by atoms with Gasteiger partial charge in [-0.05, 0) is 51.3 Å². The molecule has 4 heteroatoms. The molecule has 2 aromatic rings. The van der Waals surface area contributed by atoms with Gasteiger partial charge < -0.3 is 5.32 Å². The molecule has 1 amide bonds. The second kappa shape index (κ2) is 6.89. The van der Waals surface area contributed by atoms with Gasteiger partial charge in [-0.25, -0.2) is 0 Å². The molecule has 0 radical (unpaired) electrons. The van der Waals surface area contributed by atoms with Gasteiger partial charge in [-0.3, -0.25) is 14.7 Å². The number of aromatic nitrogens is 1. The zero-order valence-corrected chi connectivity index (χ0v) is 15.1. The number of pyridine rings is 1. The molecule has 3 rings (SSSR count).